The van der Waals surface area contributed by atoms with Crippen LogP contribution < -0.4 is 0 Å². The zero-order chi connectivity index (χ0) is 15.5. The lowest BCUT2D eigenvalue weighted by Gasteiger charge is -2.58. The lowest BCUT2D eigenvalue weighted by molar-refractivity contribution is -0.144. The van der Waals surface area contributed by atoms with Crippen molar-refractivity contribution in [2.75, 3.05) is 0 Å². The number of rotatable bonds is 1. The zero-order valence-corrected chi connectivity index (χ0v) is 14.1. The van der Waals surface area contributed by atoms with Crippen LogP contribution in [0.2, 0.25) is 0 Å². The minimum atomic E-state index is -0.583. The van der Waals surface area contributed by atoms with Gasteiger partial charge in [0, 0.05) is 0 Å². The third-order valence-electron chi connectivity index (χ3n) is 8.19. The fourth-order valence-electron chi connectivity index (χ4n) is 7.01. The van der Waals surface area contributed by atoms with Gasteiger partial charge < -0.3 is 5.11 Å². The maximum atomic E-state index is 11.5. The van der Waals surface area contributed by atoms with E-state index in [4.69, 9.17) is 0 Å². The Labute approximate surface area is 134 Å². The van der Waals surface area contributed by atoms with E-state index >= 15 is 0 Å². The van der Waals surface area contributed by atoms with Crippen molar-refractivity contribution >= 4 is 5.97 Å². The summed E-state index contributed by atoms with van der Waals surface area (Å²) in [5.74, 6) is 1.78. The molecule has 22 heavy (non-hydrogen) atoms. The van der Waals surface area contributed by atoms with Gasteiger partial charge in [-0.3, -0.25) is 4.79 Å². The molecule has 122 valence electrons. The van der Waals surface area contributed by atoms with Crippen LogP contribution in [0.1, 0.15) is 71.6 Å². The van der Waals surface area contributed by atoms with Crippen LogP contribution in [0.25, 0.3) is 0 Å². The average molecular weight is 302 g/mol. The first-order chi connectivity index (χ1) is 10.4. The Morgan fingerprint density at radius 2 is 2.00 bits per heavy atom. The molecule has 1 N–H and O–H groups in total. The Hall–Kier alpha value is -0.790. The molecule has 3 saturated carbocycles. The van der Waals surface area contributed by atoms with Gasteiger partial charge in [-0.25, -0.2) is 0 Å². The lowest BCUT2D eigenvalue weighted by Crippen LogP contribution is -2.50. The van der Waals surface area contributed by atoms with Gasteiger partial charge in [-0.15, -0.1) is 0 Å². The molecule has 0 radical (unpaired) electrons. The Kier molecular flexibility index (Phi) is 3.26. The molecule has 0 heterocycles. The molecule has 0 bridgehead atoms. The van der Waals surface area contributed by atoms with Gasteiger partial charge in [-0.05, 0) is 80.0 Å². The van der Waals surface area contributed by atoms with E-state index in [2.05, 4.69) is 19.9 Å². The van der Waals surface area contributed by atoms with Crippen LogP contribution in [0.3, 0.4) is 0 Å². The van der Waals surface area contributed by atoms with E-state index in [9.17, 15) is 9.90 Å². The second-order valence-electron chi connectivity index (χ2n) is 9.12. The lowest BCUT2D eigenvalue weighted by atomic mass is 9.47. The first-order valence-electron chi connectivity index (χ1n) is 9.36. The highest BCUT2D eigenvalue weighted by Gasteiger charge is 2.56. The van der Waals surface area contributed by atoms with E-state index in [0.29, 0.717) is 5.41 Å². The van der Waals surface area contributed by atoms with Crippen molar-refractivity contribution in [3.05, 3.63) is 11.6 Å². The molecule has 2 nitrogen and oxygen atoms in total. The fourth-order valence-corrected chi connectivity index (χ4v) is 7.01. The monoisotopic (exact) mass is 302 g/mol. The SMILES string of the molecule is C[C@@]12CCC[C@H]1[C@@H]1CCC3=CCC(C(=O)O)C[C@]3(C)[C@H]1CC2. The Bertz CT molecular complexity index is 522. The summed E-state index contributed by atoms with van der Waals surface area (Å²) in [6, 6.07) is 0. The van der Waals surface area contributed by atoms with Gasteiger partial charge in [-0.2, -0.15) is 0 Å². The third-order valence-corrected chi connectivity index (χ3v) is 8.19. The summed E-state index contributed by atoms with van der Waals surface area (Å²) in [5, 5.41) is 9.50. The Balaban J connectivity index is 1.66. The molecule has 0 aliphatic heterocycles. The molecule has 3 fully saturated rings. The first-order valence-corrected chi connectivity index (χ1v) is 9.36. The number of hydrogen-bond donors (Lipinski definition) is 1. The van der Waals surface area contributed by atoms with Crippen molar-refractivity contribution in [3.8, 4) is 0 Å². The van der Waals surface area contributed by atoms with Crippen LogP contribution in [0.15, 0.2) is 11.6 Å². The largest absolute Gasteiger partial charge is 0.481 e. The van der Waals surface area contributed by atoms with Crippen molar-refractivity contribution < 1.29 is 9.90 Å². The maximum Gasteiger partial charge on any atom is 0.306 e. The number of carboxylic acid groups (broad SMARTS) is 1. The van der Waals surface area contributed by atoms with Crippen molar-refractivity contribution in [3.63, 3.8) is 0 Å². The van der Waals surface area contributed by atoms with E-state index in [1.54, 1.807) is 5.57 Å². The molecule has 0 spiro atoms. The quantitative estimate of drug-likeness (QED) is 0.689. The summed E-state index contributed by atoms with van der Waals surface area (Å²) in [5.41, 5.74) is 2.38. The summed E-state index contributed by atoms with van der Waals surface area (Å²) >= 11 is 0. The zero-order valence-electron chi connectivity index (χ0n) is 14.1. The molecule has 0 aromatic carbocycles. The van der Waals surface area contributed by atoms with Crippen LogP contribution in [0.4, 0.5) is 0 Å². The Morgan fingerprint density at radius 3 is 2.77 bits per heavy atom. The molecule has 0 amide bonds. The van der Waals surface area contributed by atoms with Gasteiger partial charge in [0.1, 0.15) is 0 Å². The van der Waals surface area contributed by atoms with E-state index in [-0.39, 0.29) is 11.3 Å². The number of carboxylic acids is 1. The molecule has 2 heteroatoms. The van der Waals surface area contributed by atoms with Gasteiger partial charge in [0.05, 0.1) is 5.92 Å². The average Bonchev–Trinajstić information content (AvgIpc) is 2.87. The van der Waals surface area contributed by atoms with Gasteiger partial charge >= 0.3 is 5.97 Å². The smallest absolute Gasteiger partial charge is 0.306 e. The van der Waals surface area contributed by atoms with Gasteiger partial charge in [0.15, 0.2) is 0 Å². The number of fused-ring (bicyclic) bond motifs is 5. The van der Waals surface area contributed by atoms with Crippen LogP contribution >= 0.6 is 0 Å². The van der Waals surface area contributed by atoms with Gasteiger partial charge in [0.2, 0.25) is 0 Å². The summed E-state index contributed by atoms with van der Waals surface area (Å²) in [6.07, 6.45) is 13.5. The summed E-state index contributed by atoms with van der Waals surface area (Å²) in [6.45, 7) is 4.94. The minimum absolute atomic E-state index is 0.149. The Morgan fingerprint density at radius 1 is 1.18 bits per heavy atom. The topological polar surface area (TPSA) is 37.3 Å². The highest BCUT2D eigenvalue weighted by Crippen LogP contribution is 2.65. The molecule has 0 aromatic heterocycles. The van der Waals surface area contributed by atoms with Crippen molar-refractivity contribution in [2.24, 2.45) is 34.5 Å². The van der Waals surface area contributed by atoms with Gasteiger partial charge in [-0.1, -0.05) is 31.9 Å². The van der Waals surface area contributed by atoms with Crippen LogP contribution in [-0.4, -0.2) is 11.1 Å². The first kappa shape index (κ1) is 14.8. The summed E-state index contributed by atoms with van der Waals surface area (Å²) < 4.78 is 0. The van der Waals surface area contributed by atoms with Crippen molar-refractivity contribution in [1.82, 2.24) is 0 Å². The summed E-state index contributed by atoms with van der Waals surface area (Å²) in [4.78, 5) is 11.5. The van der Waals surface area contributed by atoms with E-state index < -0.39 is 5.97 Å². The molecular formula is C20H30O2. The number of carbonyl (C=O) groups is 1. The fraction of sp³-hybridized carbons (Fsp3) is 0.850. The van der Waals surface area contributed by atoms with Crippen LogP contribution in [-0.2, 0) is 4.79 Å². The second-order valence-corrected chi connectivity index (χ2v) is 9.12. The molecule has 4 rings (SSSR count). The van der Waals surface area contributed by atoms with E-state index in [1.165, 1.54) is 44.9 Å². The third kappa shape index (κ3) is 1.95. The number of aliphatic carboxylic acids is 1. The highest BCUT2D eigenvalue weighted by atomic mass is 16.4. The molecule has 4 aliphatic rings. The predicted molar refractivity (Wildman–Crippen MR) is 87.4 cm³/mol. The minimum Gasteiger partial charge on any atom is -0.481 e. The molecule has 6 atom stereocenters. The normalized spacial score (nSPS) is 50.5. The highest BCUT2D eigenvalue weighted by molar-refractivity contribution is 5.70. The van der Waals surface area contributed by atoms with Gasteiger partial charge in [0.25, 0.3) is 0 Å². The second kappa shape index (κ2) is 4.85. The molecular weight excluding hydrogens is 272 g/mol. The molecule has 1 unspecified atom stereocenters. The predicted octanol–water partition coefficient (Wildman–Crippen LogP) is 5.04. The van der Waals surface area contributed by atoms with Crippen LogP contribution in [0.5, 0.6) is 0 Å². The van der Waals surface area contributed by atoms with E-state index in [0.717, 1.165) is 30.6 Å². The number of hydrogen-bond acceptors (Lipinski definition) is 1. The standard InChI is InChI=1S/C20H30O2/c1-19-10-3-4-16(19)15-8-7-14-6-5-13(18(21)22)12-20(14,2)17(15)9-11-19/h6,13,15-17H,3-5,7-12H2,1-2H3,(H,21,22)/t13?,15-,16-,17-,19-,20-/m0/s1. The van der Waals surface area contributed by atoms with Crippen molar-refractivity contribution in [1.29, 1.82) is 0 Å². The van der Waals surface area contributed by atoms with Crippen molar-refractivity contribution in [2.45, 2.75) is 71.6 Å². The maximum absolute atomic E-state index is 11.5. The van der Waals surface area contributed by atoms with Crippen LogP contribution in [0, 0.1) is 34.5 Å². The summed E-state index contributed by atoms with van der Waals surface area (Å²) in [7, 11) is 0. The molecule has 0 saturated heterocycles. The number of allylic oxidation sites excluding steroid dienone is 2. The molecule has 0 aromatic rings. The van der Waals surface area contributed by atoms with E-state index in [1.807, 2.05) is 0 Å². The molecule has 4 aliphatic carbocycles.